The molecule has 3 aromatic rings. The number of amides is 4. The number of phenols is 3. The average Bonchev–Trinajstić information content (AvgIpc) is 3.48. The maximum Gasteiger partial charge on any atom is 0.339 e. The standard InChI is InChI=1S/C36H30N2O12/c1-2-50-26-5-3-4-20(30(26)41)27-17-10-11-21-28(33(44)37(31(21)42)15-6-8-18(35(46)47)24(39)12-15)22(17)14-23-29(27)34(45)38(32(23)43)16-7-9-19(36(48)49)25(40)13-16/h3-10,12-13,21-23,27-29,39-41H,2,11,14H2,1H3,(H,46,47)(H,48,49)/t21-,22+,23+,27+,28-,29+/m0/s1. The fourth-order valence-corrected chi connectivity index (χ4v) is 8.19. The second kappa shape index (κ2) is 11.8. The molecule has 3 fully saturated rings. The van der Waals surface area contributed by atoms with E-state index in [2.05, 4.69) is 0 Å². The van der Waals surface area contributed by atoms with Gasteiger partial charge in [-0.2, -0.15) is 0 Å². The van der Waals surface area contributed by atoms with Crippen molar-refractivity contribution in [1.82, 2.24) is 0 Å². The van der Waals surface area contributed by atoms with Gasteiger partial charge in [0.1, 0.15) is 22.6 Å². The lowest BCUT2D eigenvalue weighted by Crippen LogP contribution is -2.43. The van der Waals surface area contributed by atoms with E-state index in [0.29, 0.717) is 5.57 Å². The van der Waals surface area contributed by atoms with E-state index in [1.54, 1.807) is 31.2 Å². The van der Waals surface area contributed by atoms with Gasteiger partial charge in [-0.25, -0.2) is 19.4 Å². The smallest absolute Gasteiger partial charge is 0.339 e. The molecule has 0 radical (unpaired) electrons. The largest absolute Gasteiger partial charge is 0.507 e. The van der Waals surface area contributed by atoms with Gasteiger partial charge in [0.25, 0.3) is 0 Å². The highest BCUT2D eigenvalue weighted by Gasteiger charge is 2.62. The maximum atomic E-state index is 14.3. The Labute approximate surface area is 283 Å². The van der Waals surface area contributed by atoms with Gasteiger partial charge in [0.05, 0.1) is 41.7 Å². The monoisotopic (exact) mass is 682 g/mol. The number of carboxylic acid groups (broad SMARTS) is 2. The van der Waals surface area contributed by atoms with Crippen LogP contribution in [0.15, 0.2) is 66.2 Å². The number of aromatic hydroxyl groups is 3. The zero-order valence-corrected chi connectivity index (χ0v) is 26.3. The minimum Gasteiger partial charge on any atom is -0.507 e. The molecule has 2 aliphatic carbocycles. The first-order valence-corrected chi connectivity index (χ1v) is 15.9. The molecule has 0 aromatic heterocycles. The van der Waals surface area contributed by atoms with Crippen LogP contribution < -0.4 is 14.5 Å². The molecule has 2 heterocycles. The first kappa shape index (κ1) is 32.4. The molecular weight excluding hydrogens is 652 g/mol. The van der Waals surface area contributed by atoms with Crippen LogP contribution in [0.25, 0.3) is 0 Å². The Hall–Kier alpha value is -6.18. The van der Waals surface area contributed by atoms with Crippen LogP contribution in [0.5, 0.6) is 23.0 Å². The number of fused-ring (bicyclic) bond motifs is 4. The van der Waals surface area contributed by atoms with Crippen molar-refractivity contribution in [1.29, 1.82) is 0 Å². The third-order valence-corrected chi connectivity index (χ3v) is 10.3. The number of ether oxygens (including phenoxy) is 1. The van der Waals surface area contributed by atoms with Crippen LogP contribution in [0.4, 0.5) is 11.4 Å². The van der Waals surface area contributed by atoms with Crippen molar-refractivity contribution in [3.63, 3.8) is 0 Å². The van der Waals surface area contributed by atoms with E-state index >= 15 is 0 Å². The number of hydrogen-bond donors (Lipinski definition) is 5. The van der Waals surface area contributed by atoms with Gasteiger partial charge in [0, 0.05) is 23.6 Å². The average molecular weight is 683 g/mol. The molecule has 7 rings (SSSR count). The van der Waals surface area contributed by atoms with E-state index in [0.717, 1.165) is 34.1 Å². The number of imide groups is 2. The van der Waals surface area contributed by atoms with E-state index < -0.39 is 93.7 Å². The SMILES string of the molecule is CCOc1cccc([C@H]2C3=CC[C@@H]4C(=O)N(c5ccc(C(=O)O)c(O)c5)C(=O)[C@@H]4[C@@H]3C[C@H]3C(=O)N(c4ccc(C(=O)O)c(O)c4)C(=O)[C@@H]23)c1O. The third kappa shape index (κ3) is 4.70. The first-order chi connectivity index (χ1) is 23.8. The quantitative estimate of drug-likeness (QED) is 0.178. The summed E-state index contributed by atoms with van der Waals surface area (Å²) in [7, 11) is 0. The molecule has 5 N–H and O–H groups in total. The number of nitrogens with zero attached hydrogens (tertiary/aromatic N) is 2. The molecule has 0 spiro atoms. The van der Waals surface area contributed by atoms with E-state index in [9.17, 15) is 54.3 Å². The van der Waals surface area contributed by atoms with E-state index in [1.807, 2.05) is 0 Å². The summed E-state index contributed by atoms with van der Waals surface area (Å²) >= 11 is 0. The number of phenolic OH excluding ortho intramolecular Hbond substituents is 1. The Balaban J connectivity index is 1.33. The molecule has 4 amide bonds. The van der Waals surface area contributed by atoms with Gasteiger partial charge >= 0.3 is 11.9 Å². The van der Waals surface area contributed by atoms with Gasteiger partial charge in [-0.1, -0.05) is 23.8 Å². The van der Waals surface area contributed by atoms with Crippen LogP contribution >= 0.6 is 0 Å². The first-order valence-electron chi connectivity index (χ1n) is 15.9. The van der Waals surface area contributed by atoms with Gasteiger partial charge in [-0.3, -0.25) is 19.2 Å². The zero-order valence-electron chi connectivity index (χ0n) is 26.3. The number of allylic oxidation sites excluding steroid dienone is 2. The fraction of sp³-hybridized carbons (Fsp3) is 0.278. The third-order valence-electron chi connectivity index (χ3n) is 10.3. The summed E-state index contributed by atoms with van der Waals surface area (Å²) < 4.78 is 5.62. The van der Waals surface area contributed by atoms with Crippen LogP contribution in [0.1, 0.15) is 52.0 Å². The predicted octanol–water partition coefficient (Wildman–Crippen LogP) is 3.64. The Morgan fingerprint density at radius 3 is 1.84 bits per heavy atom. The summed E-state index contributed by atoms with van der Waals surface area (Å²) in [5, 5.41) is 50.9. The minimum absolute atomic E-state index is 0.0175. The number of anilines is 2. The molecule has 3 aromatic carbocycles. The number of para-hydroxylation sites is 1. The number of aromatic carboxylic acids is 2. The van der Waals surface area contributed by atoms with Crippen molar-refractivity contribution in [2.24, 2.45) is 29.6 Å². The predicted molar refractivity (Wildman–Crippen MR) is 172 cm³/mol. The number of hydrogen-bond acceptors (Lipinski definition) is 10. The summed E-state index contributed by atoms with van der Waals surface area (Å²) in [5.41, 5.74) is -0.0626. The molecule has 2 aliphatic heterocycles. The summed E-state index contributed by atoms with van der Waals surface area (Å²) in [6, 6.07) is 11.5. The van der Waals surface area contributed by atoms with Crippen molar-refractivity contribution in [3.05, 3.63) is 82.9 Å². The highest BCUT2D eigenvalue weighted by Crippen LogP contribution is 2.60. The summed E-state index contributed by atoms with van der Waals surface area (Å²) in [6.07, 6.45) is 1.84. The summed E-state index contributed by atoms with van der Waals surface area (Å²) in [4.78, 5) is 81.3. The Bertz CT molecular complexity index is 2070. The molecule has 0 unspecified atom stereocenters. The molecule has 14 heteroatoms. The topological polar surface area (TPSA) is 219 Å². The van der Waals surface area contributed by atoms with Gasteiger partial charge in [0.15, 0.2) is 11.5 Å². The number of carbonyl (C=O) groups is 6. The molecule has 2 saturated heterocycles. The fourth-order valence-electron chi connectivity index (χ4n) is 8.19. The minimum atomic E-state index is -1.41. The van der Waals surface area contributed by atoms with Crippen molar-refractivity contribution in [3.8, 4) is 23.0 Å². The molecule has 6 atom stereocenters. The lowest BCUT2D eigenvalue weighted by molar-refractivity contribution is -0.126. The number of carbonyl (C=O) groups excluding carboxylic acids is 4. The molecule has 0 bridgehead atoms. The Morgan fingerprint density at radius 2 is 1.30 bits per heavy atom. The highest BCUT2D eigenvalue weighted by molar-refractivity contribution is 6.24. The van der Waals surface area contributed by atoms with Gasteiger partial charge in [0.2, 0.25) is 23.6 Å². The van der Waals surface area contributed by atoms with Gasteiger partial charge < -0.3 is 30.3 Å². The summed E-state index contributed by atoms with van der Waals surface area (Å²) in [6.45, 7) is 1.95. The Kier molecular flexibility index (Phi) is 7.61. The molecular formula is C36H30N2O12. The molecule has 4 aliphatic rings. The second-order valence-corrected chi connectivity index (χ2v) is 12.7. The zero-order chi connectivity index (χ0) is 35.8. The van der Waals surface area contributed by atoms with Crippen molar-refractivity contribution >= 4 is 46.9 Å². The van der Waals surface area contributed by atoms with Crippen LogP contribution in [0, 0.1) is 29.6 Å². The van der Waals surface area contributed by atoms with E-state index in [-0.39, 0.29) is 47.9 Å². The van der Waals surface area contributed by atoms with Crippen LogP contribution in [-0.2, 0) is 19.2 Å². The number of benzene rings is 3. The van der Waals surface area contributed by atoms with Gasteiger partial charge in [-0.05, 0) is 56.0 Å². The van der Waals surface area contributed by atoms with Crippen LogP contribution in [0.2, 0.25) is 0 Å². The number of carboxylic acids is 2. The molecule has 1 saturated carbocycles. The van der Waals surface area contributed by atoms with Crippen molar-refractivity contribution in [2.75, 3.05) is 16.4 Å². The number of rotatable bonds is 7. The molecule has 14 nitrogen and oxygen atoms in total. The van der Waals surface area contributed by atoms with Crippen LogP contribution in [0.3, 0.4) is 0 Å². The Morgan fingerprint density at radius 1 is 0.740 bits per heavy atom. The highest BCUT2D eigenvalue weighted by atomic mass is 16.5. The maximum absolute atomic E-state index is 14.3. The van der Waals surface area contributed by atoms with E-state index in [1.165, 1.54) is 12.1 Å². The van der Waals surface area contributed by atoms with E-state index in [4.69, 9.17) is 4.74 Å². The van der Waals surface area contributed by atoms with Crippen LogP contribution in [-0.4, -0.2) is 67.7 Å². The lowest BCUT2D eigenvalue weighted by atomic mass is 9.57. The second-order valence-electron chi connectivity index (χ2n) is 12.7. The summed E-state index contributed by atoms with van der Waals surface area (Å²) in [5.74, 6) is -12.3. The van der Waals surface area contributed by atoms with Gasteiger partial charge in [-0.15, -0.1) is 0 Å². The van der Waals surface area contributed by atoms with Crippen molar-refractivity contribution in [2.45, 2.75) is 25.7 Å². The normalized spacial score (nSPS) is 25.6. The van der Waals surface area contributed by atoms with Crippen molar-refractivity contribution < 1.29 is 59.0 Å². The molecule has 50 heavy (non-hydrogen) atoms. The molecule has 256 valence electrons. The lowest BCUT2D eigenvalue weighted by Gasteiger charge is -2.44.